The third-order valence-electron chi connectivity index (χ3n) is 4.28. The van der Waals surface area contributed by atoms with Crippen molar-refractivity contribution in [3.8, 4) is 5.75 Å². The van der Waals surface area contributed by atoms with Gasteiger partial charge in [0.05, 0.1) is 37.4 Å². The number of nitrogens with zero attached hydrogens (tertiary/aromatic N) is 2. The van der Waals surface area contributed by atoms with E-state index in [1.54, 1.807) is 25.4 Å². The molecule has 0 unspecified atom stereocenters. The molecule has 0 saturated heterocycles. The minimum Gasteiger partial charge on any atom is -0.497 e. The number of ether oxygens (including phenoxy) is 1. The summed E-state index contributed by atoms with van der Waals surface area (Å²) in [4.78, 5) is 17.7. The van der Waals surface area contributed by atoms with Gasteiger partial charge in [-0.2, -0.15) is 0 Å². The number of nitrogens with two attached hydrogens (primary N) is 1. The molecular formula is C26H35F2N5O2S. The van der Waals surface area contributed by atoms with Crippen molar-refractivity contribution in [3.63, 3.8) is 0 Å². The number of para-hydroxylation sites is 2. The molecule has 4 N–H and O–H groups in total. The number of methoxy groups -OCH3 is 1. The van der Waals surface area contributed by atoms with Crippen LogP contribution in [0.4, 0.5) is 25.8 Å². The standard InChI is InChI=1S/C14H17N3S.C9H12N2O2.C3H6F2/c1-17(14-5-3-2-4-13(14)15)10-16-11-6-8-12(18)9-7-11;1-7(12)11-6-8-5-9(13-2)3-4-10-8;1-3(2,4)5/h2-9,16,18H,10,15H2,1H3;3-5H,6H2,1-2H3,(H,11,12);1-2H3. The van der Waals surface area contributed by atoms with E-state index in [2.05, 4.69) is 33.1 Å². The zero-order chi connectivity index (χ0) is 27.1. The van der Waals surface area contributed by atoms with Crippen molar-refractivity contribution in [1.82, 2.24) is 10.3 Å². The zero-order valence-corrected chi connectivity index (χ0v) is 22.2. The number of hydrogen-bond donors (Lipinski definition) is 4. The maximum Gasteiger partial charge on any atom is 0.242 e. The molecule has 10 heteroatoms. The van der Waals surface area contributed by atoms with Gasteiger partial charge in [-0.15, -0.1) is 12.6 Å². The molecule has 0 atom stereocenters. The predicted molar refractivity (Wildman–Crippen MR) is 146 cm³/mol. The number of pyridine rings is 1. The molecule has 0 aliphatic heterocycles. The fourth-order valence-corrected chi connectivity index (χ4v) is 2.75. The van der Waals surface area contributed by atoms with E-state index >= 15 is 0 Å². The molecule has 2 aromatic carbocycles. The van der Waals surface area contributed by atoms with Gasteiger partial charge in [0.15, 0.2) is 0 Å². The normalized spacial score (nSPS) is 10.1. The number of amides is 1. The number of hydrogen-bond acceptors (Lipinski definition) is 7. The minimum atomic E-state index is -2.50. The van der Waals surface area contributed by atoms with Gasteiger partial charge >= 0.3 is 0 Å². The number of rotatable bonds is 7. The van der Waals surface area contributed by atoms with Gasteiger partial charge < -0.3 is 26.0 Å². The van der Waals surface area contributed by atoms with Crippen molar-refractivity contribution in [3.05, 3.63) is 72.6 Å². The Labute approximate surface area is 217 Å². The smallest absolute Gasteiger partial charge is 0.242 e. The van der Waals surface area contributed by atoms with Crippen LogP contribution in [0.15, 0.2) is 71.8 Å². The van der Waals surface area contributed by atoms with Crippen LogP contribution >= 0.6 is 12.6 Å². The maximum absolute atomic E-state index is 11.0. The Hall–Kier alpha value is -3.53. The first-order chi connectivity index (χ1) is 16.9. The molecule has 7 nitrogen and oxygen atoms in total. The Morgan fingerprint density at radius 1 is 1.14 bits per heavy atom. The first kappa shape index (κ1) is 30.5. The van der Waals surface area contributed by atoms with Crippen molar-refractivity contribution in [2.24, 2.45) is 0 Å². The highest BCUT2D eigenvalue weighted by atomic mass is 32.1. The van der Waals surface area contributed by atoms with Gasteiger partial charge in [0.1, 0.15) is 5.75 Å². The third kappa shape index (κ3) is 14.0. The minimum absolute atomic E-state index is 0.0652. The average Bonchev–Trinajstić information content (AvgIpc) is 2.82. The Morgan fingerprint density at radius 2 is 1.75 bits per heavy atom. The molecule has 0 aliphatic rings. The number of alkyl halides is 2. The summed E-state index contributed by atoms with van der Waals surface area (Å²) >= 11 is 4.26. The number of benzene rings is 2. The number of nitrogen functional groups attached to an aromatic ring is 1. The molecule has 3 aromatic rings. The van der Waals surface area contributed by atoms with Gasteiger partial charge in [0.25, 0.3) is 0 Å². The van der Waals surface area contributed by atoms with Crippen LogP contribution in [0.2, 0.25) is 0 Å². The molecule has 1 heterocycles. The lowest BCUT2D eigenvalue weighted by molar-refractivity contribution is -0.119. The van der Waals surface area contributed by atoms with E-state index < -0.39 is 5.92 Å². The van der Waals surface area contributed by atoms with Crippen LogP contribution < -0.4 is 26.0 Å². The summed E-state index contributed by atoms with van der Waals surface area (Å²) < 4.78 is 27.1. The van der Waals surface area contributed by atoms with E-state index in [-0.39, 0.29) is 5.91 Å². The van der Waals surface area contributed by atoms with Crippen molar-refractivity contribution in [2.45, 2.75) is 38.1 Å². The van der Waals surface area contributed by atoms with E-state index in [1.807, 2.05) is 55.6 Å². The number of aromatic nitrogens is 1. The SMILES string of the molecule is CC(C)(F)F.CN(CNc1ccc(S)cc1)c1ccccc1N.COc1ccnc(CNC(C)=O)c1. The van der Waals surface area contributed by atoms with Crippen molar-refractivity contribution in [1.29, 1.82) is 0 Å². The average molecular weight is 520 g/mol. The molecule has 36 heavy (non-hydrogen) atoms. The highest BCUT2D eigenvalue weighted by Gasteiger charge is 2.08. The molecule has 0 saturated carbocycles. The summed E-state index contributed by atoms with van der Waals surface area (Å²) in [6.45, 7) is 4.31. The number of nitrogens with one attached hydrogen (secondary N) is 2. The zero-order valence-electron chi connectivity index (χ0n) is 21.3. The third-order valence-corrected chi connectivity index (χ3v) is 4.58. The highest BCUT2D eigenvalue weighted by molar-refractivity contribution is 7.80. The second-order valence-corrected chi connectivity index (χ2v) is 8.58. The lowest BCUT2D eigenvalue weighted by Gasteiger charge is -2.22. The van der Waals surface area contributed by atoms with Crippen molar-refractivity contribution < 1.29 is 18.3 Å². The summed E-state index contributed by atoms with van der Waals surface area (Å²) in [5.41, 5.74) is 9.59. The van der Waals surface area contributed by atoms with Crippen molar-refractivity contribution >= 4 is 35.6 Å². The fraction of sp³-hybridized carbons (Fsp3) is 0.308. The van der Waals surface area contributed by atoms with Crippen LogP contribution in [0.25, 0.3) is 0 Å². The Balaban J connectivity index is 0.000000315. The van der Waals surface area contributed by atoms with Gasteiger partial charge in [-0.1, -0.05) is 12.1 Å². The van der Waals surface area contributed by atoms with Gasteiger partial charge in [-0.3, -0.25) is 9.78 Å². The van der Waals surface area contributed by atoms with E-state index in [1.165, 1.54) is 6.92 Å². The van der Waals surface area contributed by atoms with Gasteiger partial charge in [0, 0.05) is 36.8 Å². The lowest BCUT2D eigenvalue weighted by atomic mass is 10.2. The summed E-state index contributed by atoms with van der Waals surface area (Å²) in [5.74, 6) is -1.82. The molecule has 0 bridgehead atoms. The summed E-state index contributed by atoms with van der Waals surface area (Å²) in [6.07, 6.45) is 1.65. The topological polar surface area (TPSA) is 92.5 Å². The highest BCUT2D eigenvalue weighted by Crippen LogP contribution is 2.21. The second-order valence-electron chi connectivity index (χ2n) is 8.06. The lowest BCUT2D eigenvalue weighted by Crippen LogP contribution is -2.25. The van der Waals surface area contributed by atoms with Gasteiger partial charge in [0.2, 0.25) is 11.8 Å². The predicted octanol–water partition coefficient (Wildman–Crippen LogP) is 5.45. The monoisotopic (exact) mass is 519 g/mol. The van der Waals surface area contributed by atoms with E-state index in [4.69, 9.17) is 10.5 Å². The van der Waals surface area contributed by atoms with Crippen LogP contribution in [0.5, 0.6) is 5.75 Å². The molecular weight excluding hydrogens is 484 g/mol. The van der Waals surface area contributed by atoms with Crippen LogP contribution in [-0.4, -0.2) is 37.6 Å². The van der Waals surface area contributed by atoms with Gasteiger partial charge in [-0.25, -0.2) is 8.78 Å². The Bertz CT molecular complexity index is 1060. The first-order valence-electron chi connectivity index (χ1n) is 11.1. The quantitative estimate of drug-likeness (QED) is 0.188. The molecule has 3 rings (SSSR count). The maximum atomic E-state index is 11.0. The molecule has 196 valence electrons. The van der Waals surface area contributed by atoms with Crippen LogP contribution in [0.3, 0.4) is 0 Å². The van der Waals surface area contributed by atoms with Crippen LogP contribution in [-0.2, 0) is 11.3 Å². The second kappa shape index (κ2) is 15.5. The fourth-order valence-electron chi connectivity index (χ4n) is 2.60. The Morgan fingerprint density at radius 3 is 2.31 bits per heavy atom. The molecule has 0 radical (unpaired) electrons. The molecule has 0 fully saturated rings. The Kier molecular flexibility index (Phi) is 13.1. The molecule has 0 aliphatic carbocycles. The largest absolute Gasteiger partial charge is 0.497 e. The number of carbonyl (C=O) groups excluding carboxylic acids is 1. The van der Waals surface area contributed by atoms with Gasteiger partial charge in [-0.05, 0) is 56.3 Å². The van der Waals surface area contributed by atoms with E-state index in [0.717, 1.165) is 47.2 Å². The molecule has 1 amide bonds. The van der Waals surface area contributed by atoms with E-state index in [0.29, 0.717) is 13.2 Å². The van der Waals surface area contributed by atoms with Crippen molar-refractivity contribution in [2.75, 3.05) is 36.8 Å². The van der Waals surface area contributed by atoms with Crippen LogP contribution in [0, 0.1) is 0 Å². The van der Waals surface area contributed by atoms with E-state index in [9.17, 15) is 13.6 Å². The number of thiol groups is 1. The molecule has 1 aromatic heterocycles. The van der Waals surface area contributed by atoms with Crippen LogP contribution in [0.1, 0.15) is 26.5 Å². The number of anilines is 3. The molecule has 0 spiro atoms. The summed E-state index contributed by atoms with van der Waals surface area (Å²) in [6, 6.07) is 19.3. The number of halogens is 2. The first-order valence-corrected chi connectivity index (χ1v) is 11.5. The summed E-state index contributed by atoms with van der Waals surface area (Å²) in [7, 11) is 3.60. The number of carbonyl (C=O) groups is 1. The summed E-state index contributed by atoms with van der Waals surface area (Å²) in [5, 5.41) is 5.99.